The molecule has 0 radical (unpaired) electrons. The van der Waals surface area contributed by atoms with E-state index in [0.717, 1.165) is 6.42 Å². The zero-order valence-electron chi connectivity index (χ0n) is 17.3. The lowest BCUT2D eigenvalue weighted by atomic mass is 9.98. The number of Topliss-reactive ketones (excluding diaryl/α,β-unsaturated/α-hetero) is 1. The molecule has 2 aromatic rings. The Bertz CT molecular complexity index is 1020. The van der Waals surface area contributed by atoms with Gasteiger partial charge in [0, 0.05) is 25.6 Å². The number of hydrogen-bond donors (Lipinski definition) is 2. The average Bonchev–Trinajstić information content (AvgIpc) is 3.52. The minimum absolute atomic E-state index is 0.0380. The number of amides is 1. The van der Waals surface area contributed by atoms with Crippen molar-refractivity contribution in [1.82, 2.24) is 10.3 Å². The summed E-state index contributed by atoms with van der Waals surface area (Å²) in [5.74, 6) is 0.349. The second kappa shape index (κ2) is 9.89. The number of carbonyl (C=O) groups excluding carboxylic acids is 2. The number of carbonyl (C=O) groups is 2. The molecule has 8 heteroatoms. The number of ketones is 1. The Hall–Kier alpha value is -2.97. The summed E-state index contributed by atoms with van der Waals surface area (Å²) in [5, 5.41) is 6.41. The van der Waals surface area contributed by atoms with Gasteiger partial charge in [-0.25, -0.2) is 4.98 Å². The highest BCUT2D eigenvalue weighted by Crippen LogP contribution is 2.33. The number of hydrogen-bond acceptors (Lipinski definition) is 7. The number of aromatic nitrogens is 1. The van der Waals surface area contributed by atoms with Gasteiger partial charge in [-0.15, -0.1) is 0 Å². The first-order valence-corrected chi connectivity index (χ1v) is 11.3. The van der Waals surface area contributed by atoms with Crippen LogP contribution in [0.15, 0.2) is 58.9 Å². The summed E-state index contributed by atoms with van der Waals surface area (Å²) in [7, 11) is 0. The molecule has 3 heterocycles. The number of rotatable bonds is 10. The van der Waals surface area contributed by atoms with E-state index in [-0.39, 0.29) is 23.7 Å². The van der Waals surface area contributed by atoms with Gasteiger partial charge in [0.05, 0.1) is 18.0 Å². The largest absolute Gasteiger partial charge is 0.463 e. The molecule has 4 rings (SSSR count). The Morgan fingerprint density at radius 3 is 2.94 bits per heavy atom. The number of nitrogens with one attached hydrogen (secondary N) is 2. The second-order valence-corrected chi connectivity index (χ2v) is 8.36. The normalized spacial score (nSPS) is 19.1. The molecule has 2 aliphatic rings. The molecular formula is C23H25N3O4S. The molecule has 1 aliphatic heterocycles. The van der Waals surface area contributed by atoms with Gasteiger partial charge in [-0.05, 0) is 31.1 Å². The first-order chi connectivity index (χ1) is 15.2. The lowest BCUT2D eigenvalue weighted by molar-refractivity contribution is -0.113. The predicted molar refractivity (Wildman–Crippen MR) is 120 cm³/mol. The molecule has 0 spiro atoms. The summed E-state index contributed by atoms with van der Waals surface area (Å²) in [4.78, 5) is 30.6. The van der Waals surface area contributed by atoms with Crippen LogP contribution in [0, 0.1) is 5.92 Å². The fourth-order valence-corrected chi connectivity index (χ4v) is 4.42. The second-order valence-electron chi connectivity index (χ2n) is 7.36. The van der Waals surface area contributed by atoms with Gasteiger partial charge in [0.25, 0.3) is 5.91 Å². The third kappa shape index (κ3) is 5.03. The van der Waals surface area contributed by atoms with E-state index < -0.39 is 0 Å². The summed E-state index contributed by atoms with van der Waals surface area (Å²) in [6, 6.07) is 3.59. The van der Waals surface area contributed by atoms with Crippen molar-refractivity contribution >= 4 is 28.2 Å². The van der Waals surface area contributed by atoms with Crippen LogP contribution in [-0.4, -0.2) is 35.9 Å². The topological polar surface area (TPSA) is 93.5 Å². The van der Waals surface area contributed by atoms with Crippen molar-refractivity contribution in [2.24, 2.45) is 5.92 Å². The first-order valence-electron chi connectivity index (χ1n) is 10.5. The van der Waals surface area contributed by atoms with E-state index in [1.165, 1.54) is 17.6 Å². The quantitative estimate of drug-likeness (QED) is 0.423. The maximum absolute atomic E-state index is 12.8. The van der Waals surface area contributed by atoms with Crippen molar-refractivity contribution in [2.45, 2.75) is 32.2 Å². The lowest BCUT2D eigenvalue weighted by Gasteiger charge is -2.15. The Morgan fingerprint density at radius 1 is 1.29 bits per heavy atom. The number of thiazole rings is 1. The highest BCUT2D eigenvalue weighted by atomic mass is 32.1. The highest BCUT2D eigenvalue weighted by molar-refractivity contribution is 7.18. The molecule has 0 bridgehead atoms. The van der Waals surface area contributed by atoms with E-state index in [2.05, 4.69) is 21.7 Å². The summed E-state index contributed by atoms with van der Waals surface area (Å²) < 4.78 is 10.9. The van der Waals surface area contributed by atoms with Crippen molar-refractivity contribution in [1.29, 1.82) is 0 Å². The zero-order chi connectivity index (χ0) is 21.6. The van der Waals surface area contributed by atoms with Crippen molar-refractivity contribution in [3.05, 3.63) is 59.4 Å². The number of furan rings is 1. The summed E-state index contributed by atoms with van der Waals surface area (Å²) in [6.07, 6.45) is 13.4. The SMILES string of the molecule is CCCOCCCC(=O)c1sc(NC(=O)C2=CC3C=CC=CC3N2)nc1-c1ccco1. The van der Waals surface area contributed by atoms with Gasteiger partial charge in [0.1, 0.15) is 10.6 Å². The monoisotopic (exact) mass is 439 g/mol. The maximum atomic E-state index is 12.8. The van der Waals surface area contributed by atoms with Crippen LogP contribution in [0.4, 0.5) is 5.13 Å². The molecule has 0 aromatic carbocycles. The van der Waals surface area contributed by atoms with E-state index in [0.29, 0.717) is 53.2 Å². The molecule has 0 saturated heterocycles. The van der Waals surface area contributed by atoms with Crippen LogP contribution >= 0.6 is 11.3 Å². The van der Waals surface area contributed by atoms with Crippen LogP contribution in [0.25, 0.3) is 11.5 Å². The van der Waals surface area contributed by atoms with Crippen LogP contribution in [0.2, 0.25) is 0 Å². The van der Waals surface area contributed by atoms with E-state index in [4.69, 9.17) is 9.15 Å². The number of anilines is 1. The van der Waals surface area contributed by atoms with Gasteiger partial charge >= 0.3 is 0 Å². The molecule has 31 heavy (non-hydrogen) atoms. The van der Waals surface area contributed by atoms with Crippen LogP contribution in [0.3, 0.4) is 0 Å². The average molecular weight is 440 g/mol. The number of allylic oxidation sites excluding steroid dienone is 2. The molecule has 162 valence electrons. The van der Waals surface area contributed by atoms with E-state index in [9.17, 15) is 9.59 Å². The van der Waals surface area contributed by atoms with Crippen LogP contribution in [-0.2, 0) is 9.53 Å². The molecule has 0 saturated carbocycles. The number of nitrogens with zero attached hydrogens (tertiary/aromatic N) is 1. The van der Waals surface area contributed by atoms with Gasteiger partial charge in [-0.1, -0.05) is 42.6 Å². The third-order valence-corrected chi connectivity index (χ3v) is 6.01. The summed E-state index contributed by atoms with van der Waals surface area (Å²) >= 11 is 1.17. The first kappa shape index (κ1) is 21.3. The van der Waals surface area contributed by atoms with E-state index >= 15 is 0 Å². The van der Waals surface area contributed by atoms with Gasteiger partial charge in [-0.2, -0.15) is 0 Å². The summed E-state index contributed by atoms with van der Waals surface area (Å²) in [5.41, 5.74) is 0.958. The standard InChI is InChI=1S/C23H25N3O4S/c1-2-11-29-12-5-9-18(27)21-20(19-10-6-13-30-19)25-23(31-21)26-22(28)17-14-15-7-3-4-8-16(15)24-17/h3-4,6-8,10,13-16,24H,2,5,9,11-12H2,1H3,(H,25,26,28). The zero-order valence-corrected chi connectivity index (χ0v) is 18.1. The molecule has 2 N–H and O–H groups in total. The van der Waals surface area contributed by atoms with Crippen molar-refractivity contribution in [3.63, 3.8) is 0 Å². The third-order valence-electron chi connectivity index (χ3n) is 5.00. The van der Waals surface area contributed by atoms with Crippen LogP contribution in [0.5, 0.6) is 0 Å². The smallest absolute Gasteiger partial charge is 0.273 e. The van der Waals surface area contributed by atoms with E-state index in [1.54, 1.807) is 12.1 Å². The molecule has 1 amide bonds. The Kier molecular flexibility index (Phi) is 6.79. The van der Waals surface area contributed by atoms with Gasteiger partial charge in [0.15, 0.2) is 16.7 Å². The molecule has 2 atom stereocenters. The van der Waals surface area contributed by atoms with Gasteiger partial charge < -0.3 is 14.5 Å². The molecule has 2 unspecified atom stereocenters. The minimum Gasteiger partial charge on any atom is -0.463 e. The van der Waals surface area contributed by atoms with Gasteiger partial charge in [-0.3, -0.25) is 14.9 Å². The highest BCUT2D eigenvalue weighted by Gasteiger charge is 2.28. The molecule has 7 nitrogen and oxygen atoms in total. The van der Waals surface area contributed by atoms with Crippen molar-refractivity contribution in [3.8, 4) is 11.5 Å². The van der Waals surface area contributed by atoms with Gasteiger partial charge in [0.2, 0.25) is 0 Å². The molecular weight excluding hydrogens is 414 g/mol. The minimum atomic E-state index is -0.275. The fourth-order valence-electron chi connectivity index (χ4n) is 3.49. The number of ether oxygens (including phenoxy) is 1. The molecule has 1 aliphatic carbocycles. The Morgan fingerprint density at radius 2 is 2.16 bits per heavy atom. The Balaban J connectivity index is 1.46. The number of fused-ring (bicyclic) bond motifs is 1. The lowest BCUT2D eigenvalue weighted by Crippen LogP contribution is -2.30. The Labute approximate surface area is 184 Å². The van der Waals surface area contributed by atoms with Crippen LogP contribution < -0.4 is 10.6 Å². The molecule has 2 aromatic heterocycles. The maximum Gasteiger partial charge on any atom is 0.273 e. The fraction of sp³-hybridized carbons (Fsp3) is 0.348. The summed E-state index contributed by atoms with van der Waals surface area (Å²) in [6.45, 7) is 3.29. The van der Waals surface area contributed by atoms with E-state index in [1.807, 2.05) is 31.2 Å². The molecule has 0 fully saturated rings. The predicted octanol–water partition coefficient (Wildman–Crippen LogP) is 4.33. The van der Waals surface area contributed by atoms with Crippen molar-refractivity contribution in [2.75, 3.05) is 18.5 Å². The van der Waals surface area contributed by atoms with Crippen LogP contribution in [0.1, 0.15) is 35.9 Å². The van der Waals surface area contributed by atoms with Crippen molar-refractivity contribution < 1.29 is 18.7 Å².